The fourth-order valence-electron chi connectivity index (χ4n) is 2.78. The van der Waals surface area contributed by atoms with Crippen LogP contribution < -0.4 is 5.32 Å². The molecule has 2 rings (SSSR count). The average molecular weight is 295 g/mol. The van der Waals surface area contributed by atoms with Crippen LogP contribution in [0.4, 0.5) is 5.69 Å². The maximum Gasteiger partial charge on any atom is 0.348 e. The summed E-state index contributed by atoms with van der Waals surface area (Å²) in [5.74, 6) is -0.619. The molecule has 1 unspecified atom stereocenters. The monoisotopic (exact) mass is 295 g/mol. The molecular formula is C15H21NO3S. The van der Waals surface area contributed by atoms with E-state index in [1.807, 2.05) is 0 Å². The zero-order valence-electron chi connectivity index (χ0n) is 12.4. The van der Waals surface area contributed by atoms with Crippen molar-refractivity contribution in [3.8, 4) is 0 Å². The maximum absolute atomic E-state index is 11.4. The molecule has 1 amide bonds. The van der Waals surface area contributed by atoms with Crippen LogP contribution in [0.5, 0.6) is 0 Å². The van der Waals surface area contributed by atoms with Gasteiger partial charge in [0.25, 0.3) is 0 Å². The molecule has 0 aliphatic heterocycles. The van der Waals surface area contributed by atoms with Gasteiger partial charge in [0.05, 0.1) is 5.69 Å². The molecule has 1 aliphatic carbocycles. The minimum Gasteiger partial charge on any atom is -0.477 e. The predicted octanol–water partition coefficient (Wildman–Crippen LogP) is 3.56. The second-order valence-electron chi connectivity index (χ2n) is 6.50. The third-order valence-electron chi connectivity index (χ3n) is 3.99. The van der Waals surface area contributed by atoms with Crippen molar-refractivity contribution in [3.63, 3.8) is 0 Å². The first-order valence-electron chi connectivity index (χ1n) is 6.85. The molecule has 4 nitrogen and oxygen atoms in total. The quantitative estimate of drug-likeness (QED) is 0.876. The summed E-state index contributed by atoms with van der Waals surface area (Å²) < 4.78 is 0. The molecule has 0 saturated carbocycles. The van der Waals surface area contributed by atoms with Crippen LogP contribution in [0, 0.1) is 11.3 Å². The lowest BCUT2D eigenvalue weighted by atomic mass is 9.72. The third kappa shape index (κ3) is 2.87. The Balaban J connectivity index is 2.40. The van der Waals surface area contributed by atoms with E-state index < -0.39 is 5.97 Å². The highest BCUT2D eigenvalue weighted by atomic mass is 32.1. The van der Waals surface area contributed by atoms with Gasteiger partial charge in [-0.25, -0.2) is 4.79 Å². The van der Waals surface area contributed by atoms with E-state index in [1.54, 1.807) is 0 Å². The van der Waals surface area contributed by atoms with Crippen molar-refractivity contribution in [2.75, 3.05) is 5.32 Å². The molecule has 1 atom stereocenters. The molecule has 110 valence electrons. The number of hydrogen-bond acceptors (Lipinski definition) is 3. The Kier molecular flexibility index (Phi) is 3.91. The number of rotatable bonds is 2. The zero-order valence-corrected chi connectivity index (χ0v) is 13.2. The van der Waals surface area contributed by atoms with E-state index in [1.165, 1.54) is 18.3 Å². The van der Waals surface area contributed by atoms with Crippen LogP contribution in [0.1, 0.15) is 54.2 Å². The number of amides is 1. The van der Waals surface area contributed by atoms with E-state index in [2.05, 4.69) is 26.1 Å². The zero-order chi connectivity index (χ0) is 15.1. The molecule has 0 spiro atoms. The van der Waals surface area contributed by atoms with E-state index >= 15 is 0 Å². The van der Waals surface area contributed by atoms with Crippen molar-refractivity contribution < 1.29 is 14.7 Å². The van der Waals surface area contributed by atoms with Gasteiger partial charge in [-0.15, -0.1) is 11.3 Å². The highest BCUT2D eigenvalue weighted by Crippen LogP contribution is 2.44. The Morgan fingerprint density at radius 1 is 1.35 bits per heavy atom. The van der Waals surface area contributed by atoms with Crippen LogP contribution >= 0.6 is 11.3 Å². The minimum atomic E-state index is -0.958. The summed E-state index contributed by atoms with van der Waals surface area (Å²) in [5, 5.41) is 12.0. The lowest BCUT2D eigenvalue weighted by Gasteiger charge is -2.33. The van der Waals surface area contributed by atoms with Gasteiger partial charge in [0, 0.05) is 11.8 Å². The molecule has 0 bridgehead atoms. The molecule has 2 N–H and O–H groups in total. The van der Waals surface area contributed by atoms with Gasteiger partial charge < -0.3 is 10.4 Å². The fraction of sp³-hybridized carbons (Fsp3) is 0.600. The van der Waals surface area contributed by atoms with Crippen LogP contribution in [0.2, 0.25) is 0 Å². The van der Waals surface area contributed by atoms with E-state index in [4.69, 9.17) is 0 Å². The third-order valence-corrected chi connectivity index (χ3v) is 5.23. The summed E-state index contributed by atoms with van der Waals surface area (Å²) in [7, 11) is 0. The lowest BCUT2D eigenvalue weighted by Crippen LogP contribution is -2.26. The van der Waals surface area contributed by atoms with Crippen LogP contribution in [0.25, 0.3) is 0 Å². The SMILES string of the molecule is CC(=O)Nc1c(C(=O)O)sc2c1CCC(C(C)(C)C)C2. The van der Waals surface area contributed by atoms with Crippen LogP contribution in [0.3, 0.4) is 0 Å². The summed E-state index contributed by atoms with van der Waals surface area (Å²) >= 11 is 1.32. The number of hydrogen-bond donors (Lipinski definition) is 2. The summed E-state index contributed by atoms with van der Waals surface area (Å²) in [6, 6.07) is 0. The van der Waals surface area contributed by atoms with Crippen molar-refractivity contribution in [3.05, 3.63) is 15.3 Å². The summed E-state index contributed by atoms with van der Waals surface area (Å²) in [5.41, 5.74) is 1.78. The second-order valence-corrected chi connectivity index (χ2v) is 7.61. The Morgan fingerprint density at radius 3 is 2.50 bits per heavy atom. The molecular weight excluding hydrogens is 274 g/mol. The largest absolute Gasteiger partial charge is 0.477 e. The summed E-state index contributed by atoms with van der Waals surface area (Å²) in [4.78, 5) is 24.0. The molecule has 0 fully saturated rings. The van der Waals surface area contributed by atoms with Gasteiger partial charge in [0.2, 0.25) is 5.91 Å². The molecule has 1 aromatic rings. The normalized spacial score (nSPS) is 18.5. The van der Waals surface area contributed by atoms with E-state index in [0.717, 1.165) is 29.7 Å². The molecule has 0 saturated heterocycles. The lowest BCUT2D eigenvalue weighted by molar-refractivity contribution is -0.114. The van der Waals surface area contributed by atoms with E-state index in [0.29, 0.717) is 11.6 Å². The molecule has 0 radical (unpaired) electrons. The summed E-state index contributed by atoms with van der Waals surface area (Å²) in [6.45, 7) is 8.09. The highest BCUT2D eigenvalue weighted by Gasteiger charge is 2.33. The second kappa shape index (κ2) is 5.20. The molecule has 1 aliphatic rings. The standard InChI is InChI=1S/C15H21NO3S/c1-8(17)16-12-10-6-5-9(15(2,3)4)7-11(10)20-13(12)14(18)19/h9H,5-7H2,1-4H3,(H,16,17)(H,18,19). The Hall–Kier alpha value is -1.36. The molecule has 1 heterocycles. The molecule has 1 aromatic heterocycles. The highest BCUT2D eigenvalue weighted by molar-refractivity contribution is 7.14. The number of thiophene rings is 1. The minimum absolute atomic E-state index is 0.217. The van der Waals surface area contributed by atoms with Crippen LogP contribution in [-0.2, 0) is 17.6 Å². The van der Waals surface area contributed by atoms with Gasteiger partial charge >= 0.3 is 5.97 Å². The van der Waals surface area contributed by atoms with Crippen molar-refractivity contribution in [1.82, 2.24) is 0 Å². The average Bonchev–Trinajstić information content (AvgIpc) is 2.65. The van der Waals surface area contributed by atoms with Crippen molar-refractivity contribution in [2.45, 2.75) is 47.0 Å². The molecule has 20 heavy (non-hydrogen) atoms. The molecule has 0 aromatic carbocycles. The van der Waals surface area contributed by atoms with Gasteiger partial charge in [0.1, 0.15) is 4.88 Å². The van der Waals surface area contributed by atoms with Gasteiger partial charge in [-0.2, -0.15) is 0 Å². The first-order chi connectivity index (χ1) is 9.20. The van der Waals surface area contributed by atoms with Crippen LogP contribution in [0.15, 0.2) is 0 Å². The van der Waals surface area contributed by atoms with Crippen molar-refractivity contribution >= 4 is 28.9 Å². The van der Waals surface area contributed by atoms with Crippen molar-refractivity contribution in [1.29, 1.82) is 0 Å². The maximum atomic E-state index is 11.4. The van der Waals surface area contributed by atoms with Gasteiger partial charge in [0.15, 0.2) is 0 Å². The van der Waals surface area contributed by atoms with Gasteiger partial charge in [-0.05, 0) is 36.2 Å². The van der Waals surface area contributed by atoms with Crippen LogP contribution in [-0.4, -0.2) is 17.0 Å². The number of carboxylic acids is 1. The number of aromatic carboxylic acids is 1. The van der Waals surface area contributed by atoms with Gasteiger partial charge in [-0.1, -0.05) is 20.8 Å². The van der Waals surface area contributed by atoms with E-state index in [9.17, 15) is 14.7 Å². The molecule has 5 heteroatoms. The van der Waals surface area contributed by atoms with Gasteiger partial charge in [-0.3, -0.25) is 4.79 Å². The Labute approximate surface area is 123 Å². The Morgan fingerprint density at radius 2 is 2.00 bits per heavy atom. The Bertz CT molecular complexity index is 554. The number of anilines is 1. The summed E-state index contributed by atoms with van der Waals surface area (Å²) in [6.07, 6.45) is 2.79. The first kappa shape index (κ1) is 15.0. The van der Waals surface area contributed by atoms with Crippen molar-refractivity contribution in [2.24, 2.45) is 11.3 Å². The number of fused-ring (bicyclic) bond motifs is 1. The number of carboxylic acid groups (broad SMARTS) is 1. The predicted molar refractivity (Wildman–Crippen MR) is 80.6 cm³/mol. The number of carbonyl (C=O) groups is 2. The van der Waals surface area contributed by atoms with E-state index in [-0.39, 0.29) is 16.2 Å². The topological polar surface area (TPSA) is 66.4 Å². The fourth-order valence-corrected chi connectivity index (χ4v) is 4.01. The number of nitrogens with one attached hydrogen (secondary N) is 1. The smallest absolute Gasteiger partial charge is 0.348 e. The first-order valence-corrected chi connectivity index (χ1v) is 7.67. The number of carbonyl (C=O) groups excluding carboxylic acids is 1.